The maximum absolute atomic E-state index is 13.3. The van der Waals surface area contributed by atoms with Gasteiger partial charge in [-0.2, -0.15) is 13.2 Å². The lowest BCUT2D eigenvalue weighted by Gasteiger charge is -2.31. The highest BCUT2D eigenvalue weighted by Gasteiger charge is 2.40. The molecule has 220 valence electrons. The minimum Gasteiger partial charge on any atom is -0.494 e. The number of rotatable bonds is 8. The normalized spacial score (nSPS) is 21.5. The molecule has 13 heteroatoms. The van der Waals surface area contributed by atoms with E-state index < -0.39 is 17.8 Å². The molecule has 10 nitrogen and oxygen atoms in total. The number of halogens is 3. The minimum absolute atomic E-state index is 0.147. The fourth-order valence-electron chi connectivity index (χ4n) is 5.65. The van der Waals surface area contributed by atoms with Gasteiger partial charge in [0.2, 0.25) is 5.91 Å². The molecule has 1 amide bonds. The standard InChI is InChI=1S/C29H29F3N6O4/c1-3-28(39)36-21-11-22(25(40-2)12-24(21)37-14-20-10-19(37)15-41-20)35-26-13-27(34-16-33-26)38-23(7-8-42-38)17-5-4-6-18(9-17)29(30,31)32/h3-6,9,11-13,16,19-20,23H,1,7-8,10,14-15H2,2H3,(H,36,39)(H,33,34,35)/t19-,20-,23+/m0/s1. The Hall–Kier alpha value is -4.36. The van der Waals surface area contributed by atoms with E-state index in [0.29, 0.717) is 60.5 Å². The van der Waals surface area contributed by atoms with Crippen molar-refractivity contribution in [2.24, 2.45) is 0 Å². The largest absolute Gasteiger partial charge is 0.494 e. The van der Waals surface area contributed by atoms with Gasteiger partial charge in [-0.05, 0) is 36.3 Å². The molecular formula is C29H29F3N6O4. The van der Waals surface area contributed by atoms with Crippen LogP contribution in [0.25, 0.3) is 0 Å². The van der Waals surface area contributed by atoms with Crippen LogP contribution >= 0.6 is 0 Å². The van der Waals surface area contributed by atoms with Gasteiger partial charge in [0.15, 0.2) is 5.82 Å². The predicted octanol–water partition coefficient (Wildman–Crippen LogP) is 5.23. The Balaban J connectivity index is 1.29. The zero-order valence-electron chi connectivity index (χ0n) is 22.7. The third-order valence-electron chi connectivity index (χ3n) is 7.62. The minimum atomic E-state index is -4.45. The third kappa shape index (κ3) is 5.44. The second kappa shape index (κ2) is 11.1. The van der Waals surface area contributed by atoms with Crippen LogP contribution in [0.4, 0.5) is 41.9 Å². The molecule has 4 heterocycles. The predicted molar refractivity (Wildman–Crippen MR) is 150 cm³/mol. The summed E-state index contributed by atoms with van der Waals surface area (Å²) in [6.45, 7) is 5.20. The highest BCUT2D eigenvalue weighted by Crippen LogP contribution is 2.43. The van der Waals surface area contributed by atoms with Crippen molar-refractivity contribution in [1.29, 1.82) is 0 Å². The van der Waals surface area contributed by atoms with Gasteiger partial charge in [-0.15, -0.1) is 0 Å². The van der Waals surface area contributed by atoms with Crippen molar-refractivity contribution in [3.8, 4) is 5.75 Å². The van der Waals surface area contributed by atoms with Crippen LogP contribution in [0.2, 0.25) is 0 Å². The smallest absolute Gasteiger partial charge is 0.416 e. The Morgan fingerprint density at radius 1 is 1.19 bits per heavy atom. The molecule has 6 rings (SSSR count). The molecular weight excluding hydrogens is 553 g/mol. The zero-order valence-corrected chi connectivity index (χ0v) is 22.7. The van der Waals surface area contributed by atoms with E-state index in [2.05, 4.69) is 32.1 Å². The number of hydroxylamine groups is 1. The first-order valence-corrected chi connectivity index (χ1v) is 13.5. The molecule has 0 unspecified atom stereocenters. The van der Waals surface area contributed by atoms with Gasteiger partial charge in [0.25, 0.3) is 0 Å². The number of benzene rings is 2. The molecule has 1 aromatic heterocycles. The monoisotopic (exact) mass is 582 g/mol. The molecule has 42 heavy (non-hydrogen) atoms. The van der Waals surface area contributed by atoms with Crippen molar-refractivity contribution in [1.82, 2.24) is 9.97 Å². The molecule has 3 saturated heterocycles. The van der Waals surface area contributed by atoms with Crippen molar-refractivity contribution in [2.75, 3.05) is 47.5 Å². The van der Waals surface area contributed by atoms with Gasteiger partial charge in [0.05, 0.1) is 61.1 Å². The summed E-state index contributed by atoms with van der Waals surface area (Å²) in [7, 11) is 1.55. The van der Waals surface area contributed by atoms with Gasteiger partial charge < -0.3 is 25.0 Å². The molecule has 2 aromatic carbocycles. The van der Waals surface area contributed by atoms with Crippen LogP contribution in [0, 0.1) is 0 Å². The molecule has 0 aliphatic carbocycles. The summed E-state index contributed by atoms with van der Waals surface area (Å²) in [5.74, 6) is 0.920. The van der Waals surface area contributed by atoms with Gasteiger partial charge >= 0.3 is 6.18 Å². The second-order valence-electron chi connectivity index (χ2n) is 10.2. The lowest BCUT2D eigenvalue weighted by Crippen LogP contribution is -2.37. The lowest BCUT2D eigenvalue weighted by molar-refractivity contribution is -0.137. The Morgan fingerprint density at radius 3 is 2.76 bits per heavy atom. The highest BCUT2D eigenvalue weighted by molar-refractivity contribution is 6.02. The van der Waals surface area contributed by atoms with Crippen LogP contribution in [0.15, 0.2) is 61.4 Å². The molecule has 3 fully saturated rings. The molecule has 3 aromatic rings. The van der Waals surface area contributed by atoms with Crippen molar-refractivity contribution in [3.63, 3.8) is 0 Å². The van der Waals surface area contributed by atoms with Gasteiger partial charge in [-0.1, -0.05) is 18.7 Å². The number of fused-ring (bicyclic) bond motifs is 2. The van der Waals surface area contributed by atoms with Crippen LogP contribution < -0.4 is 25.3 Å². The number of hydrogen-bond donors (Lipinski definition) is 2. The quantitative estimate of drug-likeness (QED) is 0.346. The number of alkyl halides is 3. The Bertz CT molecular complexity index is 1500. The lowest BCUT2D eigenvalue weighted by atomic mass is 10.0. The average molecular weight is 583 g/mol. The van der Waals surface area contributed by atoms with E-state index in [9.17, 15) is 18.0 Å². The molecule has 0 radical (unpaired) electrons. The number of morpholine rings is 1. The number of aromatic nitrogens is 2. The molecule has 3 atom stereocenters. The van der Waals surface area contributed by atoms with Crippen molar-refractivity contribution in [2.45, 2.75) is 37.2 Å². The van der Waals surface area contributed by atoms with Crippen LogP contribution in [-0.4, -0.2) is 54.9 Å². The van der Waals surface area contributed by atoms with E-state index >= 15 is 0 Å². The van der Waals surface area contributed by atoms with Crippen LogP contribution in [-0.2, 0) is 20.5 Å². The SMILES string of the molecule is C=CC(=O)Nc1cc(Nc2cc(N3OCC[C@@H]3c3cccc(C(F)(F)F)c3)ncn2)c(OC)cc1N1C[C@@H]2C[C@H]1CO2. The average Bonchev–Trinajstić information content (AvgIpc) is 3.75. The molecule has 0 saturated carbocycles. The van der Waals surface area contributed by atoms with Crippen LogP contribution in [0.3, 0.4) is 0 Å². The fraction of sp³-hybridized carbons (Fsp3) is 0.345. The number of methoxy groups -OCH3 is 1. The highest BCUT2D eigenvalue weighted by atomic mass is 19.4. The van der Waals surface area contributed by atoms with E-state index in [1.54, 1.807) is 25.3 Å². The number of nitrogens with one attached hydrogen (secondary N) is 2. The number of amides is 1. The number of ether oxygens (including phenoxy) is 2. The number of hydrogen-bond acceptors (Lipinski definition) is 9. The Morgan fingerprint density at radius 2 is 2.05 bits per heavy atom. The summed E-state index contributed by atoms with van der Waals surface area (Å²) in [5, 5.41) is 7.62. The number of carbonyl (C=O) groups excluding carboxylic acids is 1. The number of anilines is 5. The zero-order chi connectivity index (χ0) is 29.4. The summed E-state index contributed by atoms with van der Waals surface area (Å²) >= 11 is 0. The molecule has 2 bridgehead atoms. The summed E-state index contributed by atoms with van der Waals surface area (Å²) in [6.07, 6.45) is -0.361. The van der Waals surface area contributed by atoms with E-state index in [1.165, 1.54) is 23.5 Å². The van der Waals surface area contributed by atoms with Gasteiger partial charge in [0.1, 0.15) is 17.9 Å². The topological polar surface area (TPSA) is 101 Å². The van der Waals surface area contributed by atoms with Gasteiger partial charge in [-0.3, -0.25) is 9.63 Å². The van der Waals surface area contributed by atoms with Crippen molar-refractivity contribution < 1.29 is 32.3 Å². The fourth-order valence-corrected chi connectivity index (χ4v) is 5.65. The maximum atomic E-state index is 13.3. The van der Waals surface area contributed by atoms with Crippen molar-refractivity contribution >= 4 is 34.6 Å². The maximum Gasteiger partial charge on any atom is 0.416 e. The summed E-state index contributed by atoms with van der Waals surface area (Å²) in [5.41, 5.74) is 1.65. The third-order valence-corrected chi connectivity index (χ3v) is 7.62. The van der Waals surface area contributed by atoms with E-state index in [-0.39, 0.29) is 18.1 Å². The first kappa shape index (κ1) is 27.8. The number of carbonyl (C=O) groups is 1. The first-order chi connectivity index (χ1) is 20.2. The van der Waals surface area contributed by atoms with Gasteiger partial charge in [-0.25, -0.2) is 15.0 Å². The molecule has 0 spiro atoms. The summed E-state index contributed by atoms with van der Waals surface area (Å²) < 4.78 is 51.5. The molecule has 3 aliphatic rings. The van der Waals surface area contributed by atoms with Crippen molar-refractivity contribution in [3.05, 3.63) is 72.6 Å². The van der Waals surface area contributed by atoms with Crippen LogP contribution in [0.5, 0.6) is 5.75 Å². The van der Waals surface area contributed by atoms with E-state index in [4.69, 9.17) is 14.3 Å². The Labute approximate surface area is 240 Å². The summed E-state index contributed by atoms with van der Waals surface area (Å²) in [6, 6.07) is 10.2. The Kier molecular flexibility index (Phi) is 7.37. The number of nitrogens with zero attached hydrogens (tertiary/aromatic N) is 4. The van der Waals surface area contributed by atoms with Crippen LogP contribution in [0.1, 0.15) is 30.0 Å². The molecule has 3 aliphatic heterocycles. The van der Waals surface area contributed by atoms with E-state index in [1.807, 2.05) is 6.07 Å². The molecule has 2 N–H and O–H groups in total. The second-order valence-corrected chi connectivity index (χ2v) is 10.2. The van der Waals surface area contributed by atoms with E-state index in [0.717, 1.165) is 24.2 Å². The first-order valence-electron chi connectivity index (χ1n) is 13.5. The van der Waals surface area contributed by atoms with Gasteiger partial charge in [0, 0.05) is 25.1 Å². The summed E-state index contributed by atoms with van der Waals surface area (Å²) in [4.78, 5) is 29.0.